The summed E-state index contributed by atoms with van der Waals surface area (Å²) in [5.74, 6) is 5.54. The molecular weight excluding hydrogens is 566 g/mol. The van der Waals surface area contributed by atoms with Gasteiger partial charge >= 0.3 is 0 Å². The number of nitrogens with zero attached hydrogens (tertiary/aromatic N) is 5. The number of hydrogen-bond acceptors (Lipinski definition) is 6. The maximum absolute atomic E-state index is 13.8. The van der Waals surface area contributed by atoms with Crippen molar-refractivity contribution in [2.45, 2.75) is 24.9 Å². The van der Waals surface area contributed by atoms with E-state index in [2.05, 4.69) is 22.5 Å². The van der Waals surface area contributed by atoms with Crippen molar-refractivity contribution >= 4 is 28.3 Å². The highest BCUT2D eigenvalue weighted by molar-refractivity contribution is 6.02. The fourth-order valence-corrected chi connectivity index (χ4v) is 6.24. The number of ketones is 1. The molecule has 3 N–H and O–H groups in total. The highest BCUT2D eigenvalue weighted by Crippen LogP contribution is 2.40. The van der Waals surface area contributed by atoms with Crippen molar-refractivity contribution in [1.29, 1.82) is 0 Å². The molecule has 0 atom stereocenters. The summed E-state index contributed by atoms with van der Waals surface area (Å²) in [5, 5.41) is 12.7. The minimum Gasteiger partial charge on any atom is -0.486 e. The molecule has 1 spiro atoms. The lowest BCUT2D eigenvalue weighted by molar-refractivity contribution is -0.00571. The standard InChI is InChI=1S/C35H31N7O3/c1-23(37-40-39-36)25-13-15-32-29(20-25)31(43)22-35(45-32)16-18-41(19-17-35)34(44)26-12-14-28-30(21-26)42(27-10-6-3-7-11-27)38-33(28)24-8-4-2-5-9-24/h2-15,20-21H,1,16-19,22H2,(H2,36,40)(H,37,39). The first-order chi connectivity index (χ1) is 21.9. The number of nitrogens with one attached hydrogen (secondary N) is 1. The zero-order chi connectivity index (χ0) is 31.0. The lowest BCUT2D eigenvalue weighted by Crippen LogP contribution is -2.52. The Kier molecular flexibility index (Phi) is 7.09. The molecule has 45 heavy (non-hydrogen) atoms. The molecule has 1 fully saturated rings. The Balaban J connectivity index is 1.12. The van der Waals surface area contributed by atoms with Gasteiger partial charge in [0.05, 0.1) is 28.9 Å². The molecule has 4 aromatic carbocycles. The topological polar surface area (TPSA) is 127 Å². The Morgan fingerprint density at radius 2 is 1.64 bits per heavy atom. The first kappa shape index (κ1) is 28.0. The van der Waals surface area contributed by atoms with Gasteiger partial charge in [0.2, 0.25) is 0 Å². The van der Waals surface area contributed by atoms with Crippen molar-refractivity contribution in [2.75, 3.05) is 13.1 Å². The highest BCUT2D eigenvalue weighted by atomic mass is 16.5. The maximum Gasteiger partial charge on any atom is 0.253 e. The molecule has 7 rings (SSSR count). The van der Waals surface area contributed by atoms with E-state index in [4.69, 9.17) is 15.7 Å². The SMILES string of the molecule is C=C(N/N=N\N)c1ccc2c(c1)C(=O)CC1(CCN(C(=O)c3ccc4c(-c5ccccc5)nn(-c5ccccc5)c4c3)CC1)O2. The molecule has 3 heterocycles. The number of likely N-dealkylation sites (tertiary alicyclic amines) is 1. The van der Waals surface area contributed by atoms with E-state index in [1.165, 1.54) is 0 Å². The van der Waals surface area contributed by atoms with E-state index in [-0.39, 0.29) is 18.1 Å². The fourth-order valence-electron chi connectivity index (χ4n) is 6.24. The van der Waals surface area contributed by atoms with Crippen LogP contribution in [0.25, 0.3) is 33.5 Å². The lowest BCUT2D eigenvalue weighted by Gasteiger charge is -2.44. The number of carbonyl (C=O) groups is 2. The summed E-state index contributed by atoms with van der Waals surface area (Å²) in [5.41, 5.74) is 7.89. The average Bonchev–Trinajstić information content (AvgIpc) is 3.47. The zero-order valence-electron chi connectivity index (χ0n) is 24.5. The number of fused-ring (bicyclic) bond motifs is 2. The van der Waals surface area contributed by atoms with Crippen molar-refractivity contribution < 1.29 is 14.3 Å². The van der Waals surface area contributed by atoms with E-state index in [1.54, 1.807) is 12.1 Å². The Morgan fingerprint density at radius 3 is 2.38 bits per heavy atom. The molecule has 0 unspecified atom stereocenters. The number of aromatic nitrogens is 2. The Bertz CT molecular complexity index is 1960. The van der Waals surface area contributed by atoms with Crippen LogP contribution in [0, 0.1) is 0 Å². The number of ether oxygens (including phenoxy) is 1. The summed E-state index contributed by atoms with van der Waals surface area (Å²) in [6.07, 6.45) is 1.36. The van der Waals surface area contributed by atoms with Crippen molar-refractivity contribution in [2.24, 2.45) is 16.3 Å². The number of amides is 1. The molecule has 1 aromatic heterocycles. The third-order valence-electron chi connectivity index (χ3n) is 8.62. The number of para-hydroxylation sites is 1. The maximum atomic E-state index is 13.8. The molecule has 0 bridgehead atoms. The van der Waals surface area contributed by atoms with Crippen LogP contribution in [0.2, 0.25) is 0 Å². The van der Waals surface area contributed by atoms with Gasteiger partial charge in [-0.3, -0.25) is 15.0 Å². The summed E-state index contributed by atoms with van der Waals surface area (Å²) in [6, 6.07) is 31.1. The van der Waals surface area contributed by atoms with Crippen LogP contribution in [0.5, 0.6) is 5.75 Å². The van der Waals surface area contributed by atoms with E-state index < -0.39 is 5.60 Å². The summed E-state index contributed by atoms with van der Waals surface area (Å²) in [7, 11) is 0. The van der Waals surface area contributed by atoms with Crippen LogP contribution in [0.3, 0.4) is 0 Å². The van der Waals surface area contributed by atoms with Crippen molar-refractivity contribution in [1.82, 2.24) is 20.1 Å². The number of benzene rings is 4. The van der Waals surface area contributed by atoms with Crippen LogP contribution >= 0.6 is 0 Å². The van der Waals surface area contributed by atoms with Gasteiger partial charge in [0.1, 0.15) is 17.0 Å². The van der Waals surface area contributed by atoms with Crippen LogP contribution in [0.4, 0.5) is 0 Å². The van der Waals surface area contributed by atoms with Gasteiger partial charge in [0.15, 0.2) is 5.78 Å². The molecule has 5 aromatic rings. The molecule has 0 radical (unpaired) electrons. The van der Waals surface area contributed by atoms with Crippen molar-refractivity contribution in [3.05, 3.63) is 120 Å². The van der Waals surface area contributed by atoms with Gasteiger partial charge in [-0.05, 0) is 54.1 Å². The van der Waals surface area contributed by atoms with Gasteiger partial charge in [0, 0.05) is 42.4 Å². The third-order valence-corrected chi connectivity index (χ3v) is 8.62. The summed E-state index contributed by atoms with van der Waals surface area (Å²) in [4.78, 5) is 29.0. The molecule has 224 valence electrons. The van der Waals surface area contributed by atoms with E-state index >= 15 is 0 Å². The predicted octanol–water partition coefficient (Wildman–Crippen LogP) is 6.13. The second-order valence-electron chi connectivity index (χ2n) is 11.4. The molecular formula is C35H31N7O3. The summed E-state index contributed by atoms with van der Waals surface area (Å²) >= 11 is 0. The minimum atomic E-state index is -0.647. The summed E-state index contributed by atoms with van der Waals surface area (Å²) < 4.78 is 8.37. The number of carbonyl (C=O) groups excluding carboxylic acids is 2. The normalized spacial score (nSPS) is 15.6. The predicted molar refractivity (Wildman–Crippen MR) is 172 cm³/mol. The van der Waals surface area contributed by atoms with E-state index in [0.717, 1.165) is 27.8 Å². The van der Waals surface area contributed by atoms with Gasteiger partial charge in [-0.15, -0.1) is 0 Å². The Hall–Kier alpha value is -5.77. The fraction of sp³-hybridized carbons (Fsp3) is 0.171. The van der Waals surface area contributed by atoms with Crippen molar-refractivity contribution in [3.63, 3.8) is 0 Å². The smallest absolute Gasteiger partial charge is 0.253 e. The Labute approximate surface area is 259 Å². The van der Waals surface area contributed by atoms with Crippen molar-refractivity contribution in [3.8, 4) is 22.7 Å². The highest BCUT2D eigenvalue weighted by Gasteiger charge is 2.44. The van der Waals surface area contributed by atoms with Gasteiger partial charge in [0.25, 0.3) is 5.91 Å². The molecule has 2 aliphatic rings. The van der Waals surface area contributed by atoms with Gasteiger partial charge in [-0.1, -0.05) is 65.6 Å². The first-order valence-electron chi connectivity index (χ1n) is 14.8. The summed E-state index contributed by atoms with van der Waals surface area (Å²) in [6.45, 7) is 4.87. The lowest BCUT2D eigenvalue weighted by atomic mass is 9.82. The Morgan fingerprint density at radius 1 is 0.933 bits per heavy atom. The second-order valence-corrected chi connectivity index (χ2v) is 11.4. The zero-order valence-corrected chi connectivity index (χ0v) is 24.5. The number of rotatable bonds is 6. The quantitative estimate of drug-likeness (QED) is 0.138. The molecule has 1 saturated heterocycles. The number of piperidine rings is 1. The molecule has 1 amide bonds. The average molecular weight is 598 g/mol. The second kappa shape index (κ2) is 11.4. The van der Waals surface area contributed by atoms with Crippen LogP contribution in [-0.4, -0.2) is 45.1 Å². The third kappa shape index (κ3) is 5.20. The van der Waals surface area contributed by atoms with E-state index in [1.807, 2.05) is 94.5 Å². The largest absolute Gasteiger partial charge is 0.486 e. The van der Waals surface area contributed by atoms with Gasteiger partial charge in [-0.25, -0.2) is 4.68 Å². The van der Waals surface area contributed by atoms with Crippen LogP contribution in [-0.2, 0) is 0 Å². The number of hydrogen-bond donors (Lipinski definition) is 2. The monoisotopic (exact) mass is 597 g/mol. The molecule has 2 aliphatic heterocycles. The van der Waals surface area contributed by atoms with Gasteiger partial charge in [-0.2, -0.15) is 5.10 Å². The van der Waals surface area contributed by atoms with Crippen LogP contribution in [0.15, 0.2) is 114 Å². The van der Waals surface area contributed by atoms with Crippen LogP contribution in [0.1, 0.15) is 45.5 Å². The number of nitrogens with two attached hydrogens (primary N) is 1. The molecule has 10 nitrogen and oxygen atoms in total. The molecule has 0 saturated carbocycles. The number of Topliss-reactive ketones (excluding diaryl/α,β-unsaturated/α-hetero) is 1. The van der Waals surface area contributed by atoms with E-state index in [9.17, 15) is 9.59 Å². The minimum absolute atomic E-state index is 0.0000245. The molecule has 0 aliphatic carbocycles. The molecule has 10 heteroatoms. The van der Waals surface area contributed by atoms with E-state index in [0.29, 0.717) is 54.1 Å². The first-order valence-corrected chi connectivity index (χ1v) is 14.8. The van der Waals surface area contributed by atoms with Crippen LogP contribution < -0.4 is 16.0 Å². The van der Waals surface area contributed by atoms with Gasteiger partial charge < -0.3 is 15.5 Å².